The van der Waals surface area contributed by atoms with Gasteiger partial charge in [0.15, 0.2) is 11.6 Å². The highest BCUT2D eigenvalue weighted by atomic mass is 16.3. The summed E-state index contributed by atoms with van der Waals surface area (Å²) in [4.78, 5) is 10.2. The highest BCUT2D eigenvalue weighted by Crippen LogP contribution is 2.35. The summed E-state index contributed by atoms with van der Waals surface area (Å²) in [5.41, 5.74) is 10.2. The lowest BCUT2D eigenvalue weighted by Gasteiger charge is -2.11. The molecule has 0 saturated carbocycles. The molecule has 0 N–H and O–H groups in total. The molecule has 7 aromatic carbocycles. The van der Waals surface area contributed by atoms with Gasteiger partial charge in [0.1, 0.15) is 11.3 Å². The molecule has 0 radical (unpaired) electrons. The van der Waals surface area contributed by atoms with Crippen LogP contribution in [0.1, 0.15) is 0 Å². The molecule has 3 heterocycles. The Morgan fingerprint density at radius 1 is 0.400 bits per heavy atom. The second-order valence-corrected chi connectivity index (χ2v) is 12.7. The zero-order valence-corrected chi connectivity index (χ0v) is 27.0. The van der Waals surface area contributed by atoms with Crippen molar-refractivity contribution in [3.63, 3.8) is 0 Å². The van der Waals surface area contributed by atoms with E-state index in [0.717, 1.165) is 44.6 Å². The maximum absolute atomic E-state index is 6.32. The van der Waals surface area contributed by atoms with Crippen LogP contribution in [0.3, 0.4) is 0 Å². The van der Waals surface area contributed by atoms with Gasteiger partial charge in [-0.25, -0.2) is 9.97 Å². The standard InChI is InChI=1S/C46H29N3O/c1-2-10-30(11-3-1)32-18-19-34-27-35(21-20-33(34)26-32)40-29-41(45-28-36-12-4-9-17-44(36)50-45)48-46(47-40)31-22-24-37(25-23-31)49-42-15-7-5-13-38(42)39-14-6-8-16-43(39)49/h1-29H. The lowest BCUT2D eigenvalue weighted by atomic mass is 9.99. The summed E-state index contributed by atoms with van der Waals surface area (Å²) in [5.74, 6) is 1.36. The Kier molecular flexibility index (Phi) is 6.46. The quantitative estimate of drug-likeness (QED) is 0.188. The van der Waals surface area contributed by atoms with Gasteiger partial charge in [0.05, 0.1) is 16.7 Å². The number of hydrogen-bond donors (Lipinski definition) is 0. The second kappa shape index (κ2) is 11.4. The van der Waals surface area contributed by atoms with Crippen molar-refractivity contribution >= 4 is 43.5 Å². The number of hydrogen-bond acceptors (Lipinski definition) is 3. The van der Waals surface area contributed by atoms with Gasteiger partial charge < -0.3 is 8.98 Å². The van der Waals surface area contributed by atoms with Gasteiger partial charge in [-0.05, 0) is 88.6 Å². The van der Waals surface area contributed by atoms with Crippen molar-refractivity contribution in [2.75, 3.05) is 0 Å². The van der Waals surface area contributed by atoms with Gasteiger partial charge in [0.25, 0.3) is 0 Å². The van der Waals surface area contributed by atoms with Crippen LogP contribution in [0.4, 0.5) is 0 Å². The molecule has 0 amide bonds. The molecule has 10 aromatic rings. The number of benzene rings is 7. The molecule has 0 aliphatic carbocycles. The zero-order chi connectivity index (χ0) is 33.0. The number of furan rings is 1. The molecule has 234 valence electrons. The third kappa shape index (κ3) is 4.77. The molecule has 0 aliphatic heterocycles. The molecule has 0 unspecified atom stereocenters. The highest BCUT2D eigenvalue weighted by Gasteiger charge is 2.16. The van der Waals surface area contributed by atoms with E-state index in [4.69, 9.17) is 14.4 Å². The van der Waals surface area contributed by atoms with Gasteiger partial charge in [-0.2, -0.15) is 0 Å². The van der Waals surface area contributed by atoms with Crippen molar-refractivity contribution in [1.82, 2.24) is 14.5 Å². The number of rotatable bonds is 5. The minimum Gasteiger partial charge on any atom is -0.454 e. The van der Waals surface area contributed by atoms with Gasteiger partial charge >= 0.3 is 0 Å². The van der Waals surface area contributed by atoms with Gasteiger partial charge in [-0.1, -0.05) is 109 Å². The first-order valence-corrected chi connectivity index (χ1v) is 16.8. The smallest absolute Gasteiger partial charge is 0.160 e. The zero-order valence-electron chi connectivity index (χ0n) is 27.0. The van der Waals surface area contributed by atoms with Crippen LogP contribution in [0.2, 0.25) is 0 Å². The van der Waals surface area contributed by atoms with E-state index in [9.17, 15) is 0 Å². The van der Waals surface area contributed by atoms with E-state index in [1.807, 2.05) is 30.3 Å². The molecule has 0 aliphatic rings. The molecular formula is C46H29N3O. The highest BCUT2D eigenvalue weighted by molar-refractivity contribution is 6.09. The lowest BCUT2D eigenvalue weighted by molar-refractivity contribution is 0.628. The fraction of sp³-hybridized carbons (Fsp3) is 0. The molecule has 0 spiro atoms. The number of fused-ring (bicyclic) bond motifs is 5. The Bertz CT molecular complexity index is 2780. The predicted molar refractivity (Wildman–Crippen MR) is 205 cm³/mol. The molecule has 0 atom stereocenters. The first kappa shape index (κ1) is 28.3. The molecule has 3 aromatic heterocycles. The summed E-state index contributed by atoms with van der Waals surface area (Å²) in [5, 5.41) is 5.86. The van der Waals surface area contributed by atoms with E-state index >= 15 is 0 Å². The van der Waals surface area contributed by atoms with Crippen LogP contribution in [0.25, 0.3) is 94.5 Å². The van der Waals surface area contributed by atoms with Crippen LogP contribution in [-0.4, -0.2) is 14.5 Å². The maximum atomic E-state index is 6.32. The first-order valence-electron chi connectivity index (χ1n) is 16.8. The van der Waals surface area contributed by atoms with Crippen molar-refractivity contribution in [1.29, 1.82) is 0 Å². The Morgan fingerprint density at radius 3 is 1.74 bits per heavy atom. The molecule has 4 heteroatoms. The lowest BCUT2D eigenvalue weighted by Crippen LogP contribution is -1.97. The van der Waals surface area contributed by atoms with Gasteiger partial charge in [-0.15, -0.1) is 0 Å². The summed E-state index contributed by atoms with van der Waals surface area (Å²) in [7, 11) is 0. The minimum absolute atomic E-state index is 0.645. The molecule has 0 bridgehead atoms. The van der Waals surface area contributed by atoms with Crippen molar-refractivity contribution in [3.8, 4) is 50.9 Å². The van der Waals surface area contributed by atoms with Crippen molar-refractivity contribution in [2.45, 2.75) is 0 Å². The van der Waals surface area contributed by atoms with Gasteiger partial charge in [-0.3, -0.25) is 0 Å². The van der Waals surface area contributed by atoms with Crippen LogP contribution in [0.5, 0.6) is 0 Å². The molecule has 0 saturated heterocycles. The van der Waals surface area contributed by atoms with E-state index in [1.165, 1.54) is 38.3 Å². The van der Waals surface area contributed by atoms with Crippen LogP contribution in [-0.2, 0) is 0 Å². The normalized spacial score (nSPS) is 11.6. The molecule has 4 nitrogen and oxygen atoms in total. The van der Waals surface area contributed by atoms with E-state index in [2.05, 4.69) is 150 Å². The van der Waals surface area contributed by atoms with E-state index < -0.39 is 0 Å². The third-order valence-electron chi connectivity index (χ3n) is 9.61. The van der Waals surface area contributed by atoms with Gasteiger partial charge in [0, 0.05) is 33.0 Å². The third-order valence-corrected chi connectivity index (χ3v) is 9.61. The minimum atomic E-state index is 0.645. The Morgan fingerprint density at radius 2 is 1.00 bits per heavy atom. The van der Waals surface area contributed by atoms with Crippen molar-refractivity contribution < 1.29 is 4.42 Å². The van der Waals surface area contributed by atoms with Crippen molar-refractivity contribution in [3.05, 3.63) is 176 Å². The summed E-state index contributed by atoms with van der Waals surface area (Å²) >= 11 is 0. The average Bonchev–Trinajstić information content (AvgIpc) is 3.78. The Hall–Kier alpha value is -6.78. The van der Waals surface area contributed by atoms with E-state index in [1.54, 1.807) is 0 Å². The first-order chi connectivity index (χ1) is 24.7. The molecular weight excluding hydrogens is 611 g/mol. The van der Waals surface area contributed by atoms with E-state index in [-0.39, 0.29) is 0 Å². The summed E-state index contributed by atoms with van der Waals surface area (Å²) in [6.07, 6.45) is 0. The maximum Gasteiger partial charge on any atom is 0.160 e. The largest absolute Gasteiger partial charge is 0.454 e. The van der Waals surface area contributed by atoms with Crippen LogP contribution < -0.4 is 0 Å². The number of nitrogens with zero attached hydrogens (tertiary/aromatic N) is 3. The topological polar surface area (TPSA) is 43.9 Å². The fourth-order valence-corrected chi connectivity index (χ4v) is 7.13. The Balaban J connectivity index is 1.09. The van der Waals surface area contributed by atoms with Crippen LogP contribution >= 0.6 is 0 Å². The summed E-state index contributed by atoms with van der Waals surface area (Å²) in [6, 6.07) is 61.5. The molecule has 50 heavy (non-hydrogen) atoms. The van der Waals surface area contributed by atoms with Crippen LogP contribution in [0.15, 0.2) is 180 Å². The van der Waals surface area contributed by atoms with Crippen LogP contribution in [0, 0.1) is 0 Å². The fourth-order valence-electron chi connectivity index (χ4n) is 7.13. The predicted octanol–water partition coefficient (Wildman–Crippen LogP) is 12.1. The van der Waals surface area contributed by atoms with Crippen molar-refractivity contribution in [2.24, 2.45) is 0 Å². The summed E-state index contributed by atoms with van der Waals surface area (Å²) < 4.78 is 8.64. The molecule has 10 rings (SSSR count). The van der Waals surface area contributed by atoms with E-state index in [0.29, 0.717) is 11.6 Å². The monoisotopic (exact) mass is 639 g/mol. The summed E-state index contributed by atoms with van der Waals surface area (Å²) in [6.45, 7) is 0. The SMILES string of the molecule is c1ccc(-c2ccc3cc(-c4cc(-c5cc6ccccc6o5)nc(-c5ccc(-n6c7ccccc7c7ccccc76)cc5)n4)ccc3c2)cc1. The number of para-hydroxylation sites is 3. The number of aromatic nitrogens is 3. The Labute approximate surface area is 288 Å². The molecule has 0 fully saturated rings. The average molecular weight is 640 g/mol. The van der Waals surface area contributed by atoms with Gasteiger partial charge in [0.2, 0.25) is 0 Å². The second-order valence-electron chi connectivity index (χ2n) is 12.7.